The molecule has 11 heavy (non-hydrogen) atoms. The Hall–Kier alpha value is -0.700. The fourth-order valence-electron chi connectivity index (χ4n) is 1.24. The molecule has 0 amide bonds. The van der Waals surface area contributed by atoms with E-state index < -0.39 is 5.79 Å². The van der Waals surface area contributed by atoms with E-state index in [0.29, 0.717) is 12.8 Å². The molecule has 1 rings (SSSR count). The van der Waals surface area contributed by atoms with E-state index in [1.54, 1.807) is 14.2 Å². The van der Waals surface area contributed by atoms with E-state index in [0.717, 1.165) is 0 Å². The molecular weight excluding hydrogens is 146 g/mol. The Labute approximate surface area is 65.2 Å². The maximum atomic E-state index is 9.82. The Morgan fingerprint density at radius 2 is 2.00 bits per heavy atom. The van der Waals surface area contributed by atoms with Crippen LogP contribution in [0.4, 0.5) is 0 Å². The van der Waals surface area contributed by atoms with Crippen LogP contribution < -0.4 is 0 Å². The highest BCUT2D eigenvalue weighted by atomic mass is 16.7. The lowest BCUT2D eigenvalue weighted by Gasteiger charge is -2.42. The SMILES string of the molecule is COC1(OC)CC(N=C=O)C1. The second-order valence-electron chi connectivity index (χ2n) is 2.60. The Morgan fingerprint density at radius 3 is 2.36 bits per heavy atom. The molecule has 1 saturated carbocycles. The van der Waals surface area contributed by atoms with Crippen molar-refractivity contribution < 1.29 is 14.3 Å². The molecule has 0 aromatic rings. The first-order valence-corrected chi connectivity index (χ1v) is 3.43. The van der Waals surface area contributed by atoms with Crippen LogP contribution in [0.5, 0.6) is 0 Å². The second-order valence-corrected chi connectivity index (χ2v) is 2.60. The van der Waals surface area contributed by atoms with Crippen molar-refractivity contribution in [2.45, 2.75) is 24.7 Å². The number of hydrogen-bond donors (Lipinski definition) is 0. The molecular formula is C7H11NO3. The summed E-state index contributed by atoms with van der Waals surface area (Å²) in [7, 11) is 3.18. The van der Waals surface area contributed by atoms with E-state index in [2.05, 4.69) is 4.99 Å². The van der Waals surface area contributed by atoms with Gasteiger partial charge >= 0.3 is 0 Å². The van der Waals surface area contributed by atoms with Crippen molar-refractivity contribution in [3.63, 3.8) is 0 Å². The van der Waals surface area contributed by atoms with Gasteiger partial charge in [0.1, 0.15) is 0 Å². The molecule has 0 radical (unpaired) electrons. The van der Waals surface area contributed by atoms with E-state index in [9.17, 15) is 4.79 Å². The first-order valence-electron chi connectivity index (χ1n) is 3.43. The second kappa shape index (κ2) is 3.13. The van der Waals surface area contributed by atoms with E-state index in [1.807, 2.05) is 0 Å². The average molecular weight is 157 g/mol. The van der Waals surface area contributed by atoms with Gasteiger partial charge < -0.3 is 9.47 Å². The smallest absolute Gasteiger partial charge is 0.235 e. The highest BCUT2D eigenvalue weighted by molar-refractivity contribution is 5.34. The fourth-order valence-corrected chi connectivity index (χ4v) is 1.24. The van der Waals surface area contributed by atoms with Gasteiger partial charge in [-0.15, -0.1) is 0 Å². The zero-order valence-electron chi connectivity index (χ0n) is 6.66. The lowest BCUT2D eigenvalue weighted by atomic mass is 9.85. The zero-order chi connectivity index (χ0) is 8.32. The summed E-state index contributed by atoms with van der Waals surface area (Å²) in [4.78, 5) is 13.4. The molecule has 0 unspecified atom stereocenters. The summed E-state index contributed by atoms with van der Waals surface area (Å²) in [5.41, 5.74) is 0. The van der Waals surface area contributed by atoms with E-state index >= 15 is 0 Å². The molecule has 4 heteroatoms. The molecule has 0 spiro atoms. The van der Waals surface area contributed by atoms with Gasteiger partial charge in [-0.25, -0.2) is 9.79 Å². The normalized spacial score (nSPS) is 22.0. The topological polar surface area (TPSA) is 47.9 Å². The fraction of sp³-hybridized carbons (Fsp3) is 0.857. The van der Waals surface area contributed by atoms with Crippen LogP contribution in [0.25, 0.3) is 0 Å². The predicted octanol–water partition coefficient (Wildman–Crippen LogP) is 0.474. The Morgan fingerprint density at radius 1 is 1.45 bits per heavy atom. The van der Waals surface area contributed by atoms with Gasteiger partial charge in [0, 0.05) is 27.1 Å². The number of carbonyl (C=O) groups excluding carboxylic acids is 1. The van der Waals surface area contributed by atoms with Crippen LogP contribution in [0.2, 0.25) is 0 Å². The lowest BCUT2D eigenvalue weighted by molar-refractivity contribution is -0.255. The van der Waals surface area contributed by atoms with Crippen molar-refractivity contribution in [2.75, 3.05) is 14.2 Å². The maximum Gasteiger partial charge on any atom is 0.235 e. The Bertz CT molecular complexity index is 174. The van der Waals surface area contributed by atoms with Crippen molar-refractivity contribution in [1.82, 2.24) is 0 Å². The zero-order valence-corrected chi connectivity index (χ0v) is 6.66. The molecule has 0 saturated heterocycles. The summed E-state index contributed by atoms with van der Waals surface area (Å²) in [5, 5.41) is 0. The monoisotopic (exact) mass is 157 g/mol. The molecule has 1 fully saturated rings. The van der Waals surface area contributed by atoms with Gasteiger partial charge in [-0.2, -0.15) is 0 Å². The number of rotatable bonds is 3. The average Bonchev–Trinajstić information content (AvgIpc) is 1.96. The molecule has 0 aliphatic heterocycles. The summed E-state index contributed by atoms with van der Waals surface area (Å²) in [5.74, 6) is -0.495. The first-order chi connectivity index (χ1) is 5.26. The summed E-state index contributed by atoms with van der Waals surface area (Å²) >= 11 is 0. The minimum absolute atomic E-state index is 0.0346. The van der Waals surface area contributed by atoms with E-state index in [4.69, 9.17) is 9.47 Å². The van der Waals surface area contributed by atoms with E-state index in [-0.39, 0.29) is 6.04 Å². The number of aliphatic imine (C=N–C) groups is 1. The molecule has 0 aromatic carbocycles. The van der Waals surface area contributed by atoms with Crippen LogP contribution in [0.3, 0.4) is 0 Å². The predicted molar refractivity (Wildman–Crippen MR) is 37.9 cm³/mol. The van der Waals surface area contributed by atoms with Crippen molar-refractivity contribution in [1.29, 1.82) is 0 Å². The third-order valence-electron chi connectivity index (χ3n) is 2.07. The van der Waals surface area contributed by atoms with E-state index in [1.165, 1.54) is 6.08 Å². The summed E-state index contributed by atoms with van der Waals surface area (Å²) in [6.45, 7) is 0. The van der Waals surface area contributed by atoms with Gasteiger partial charge in [-0.3, -0.25) is 0 Å². The molecule has 0 bridgehead atoms. The minimum Gasteiger partial charge on any atom is -0.353 e. The summed E-state index contributed by atoms with van der Waals surface area (Å²) < 4.78 is 10.2. The molecule has 0 atom stereocenters. The van der Waals surface area contributed by atoms with Gasteiger partial charge in [0.15, 0.2) is 5.79 Å². The minimum atomic E-state index is -0.495. The maximum absolute atomic E-state index is 9.82. The molecule has 1 aliphatic rings. The largest absolute Gasteiger partial charge is 0.353 e. The van der Waals surface area contributed by atoms with Gasteiger partial charge in [0.05, 0.1) is 6.04 Å². The molecule has 0 heterocycles. The van der Waals surface area contributed by atoms with Gasteiger partial charge in [0.2, 0.25) is 6.08 Å². The van der Waals surface area contributed by atoms with Crippen molar-refractivity contribution >= 4 is 6.08 Å². The Balaban J connectivity index is 2.41. The van der Waals surface area contributed by atoms with Crippen LogP contribution in [0, 0.1) is 0 Å². The summed E-state index contributed by atoms with van der Waals surface area (Å²) in [6, 6.07) is 0.0346. The highest BCUT2D eigenvalue weighted by Crippen LogP contribution is 2.37. The van der Waals surface area contributed by atoms with Gasteiger partial charge in [0.25, 0.3) is 0 Å². The molecule has 0 aromatic heterocycles. The van der Waals surface area contributed by atoms with Gasteiger partial charge in [-0.05, 0) is 0 Å². The lowest BCUT2D eigenvalue weighted by Crippen LogP contribution is -2.49. The quantitative estimate of drug-likeness (QED) is 0.340. The third-order valence-corrected chi connectivity index (χ3v) is 2.07. The van der Waals surface area contributed by atoms with Crippen LogP contribution in [-0.2, 0) is 14.3 Å². The van der Waals surface area contributed by atoms with Crippen molar-refractivity contribution in [2.24, 2.45) is 4.99 Å². The first kappa shape index (κ1) is 8.40. The number of hydrogen-bond acceptors (Lipinski definition) is 4. The number of isocyanates is 1. The van der Waals surface area contributed by atoms with Crippen LogP contribution in [-0.4, -0.2) is 32.1 Å². The Kier molecular flexibility index (Phi) is 2.39. The van der Waals surface area contributed by atoms with Crippen LogP contribution in [0.1, 0.15) is 12.8 Å². The number of nitrogens with zero attached hydrogens (tertiary/aromatic N) is 1. The summed E-state index contributed by atoms with van der Waals surface area (Å²) in [6.07, 6.45) is 2.82. The molecule has 1 aliphatic carbocycles. The van der Waals surface area contributed by atoms with Gasteiger partial charge in [-0.1, -0.05) is 0 Å². The van der Waals surface area contributed by atoms with Crippen LogP contribution >= 0.6 is 0 Å². The van der Waals surface area contributed by atoms with Crippen LogP contribution in [0.15, 0.2) is 4.99 Å². The molecule has 4 nitrogen and oxygen atoms in total. The molecule has 62 valence electrons. The number of methoxy groups -OCH3 is 2. The standard InChI is InChI=1S/C7H11NO3/c1-10-7(11-2)3-6(4-7)8-5-9/h6H,3-4H2,1-2H3. The molecule has 0 N–H and O–H groups in total. The highest BCUT2D eigenvalue weighted by Gasteiger charge is 2.45. The third kappa shape index (κ3) is 1.48. The van der Waals surface area contributed by atoms with Crippen molar-refractivity contribution in [3.05, 3.63) is 0 Å². The van der Waals surface area contributed by atoms with Crippen molar-refractivity contribution in [3.8, 4) is 0 Å². The number of ether oxygens (including phenoxy) is 2.